The summed E-state index contributed by atoms with van der Waals surface area (Å²) in [5.74, 6) is 1.29. The van der Waals surface area contributed by atoms with Gasteiger partial charge in [-0.25, -0.2) is 0 Å². The van der Waals surface area contributed by atoms with Crippen molar-refractivity contribution in [1.29, 1.82) is 0 Å². The molecule has 0 spiro atoms. The predicted molar refractivity (Wildman–Crippen MR) is 102 cm³/mol. The molecule has 1 atom stereocenters. The summed E-state index contributed by atoms with van der Waals surface area (Å²) in [6.45, 7) is 9.92. The number of hydrogen-bond donors (Lipinski definition) is 0. The van der Waals surface area contributed by atoms with Crippen LogP contribution in [0.1, 0.15) is 61.0 Å². The van der Waals surface area contributed by atoms with Gasteiger partial charge in [0.1, 0.15) is 11.5 Å². The van der Waals surface area contributed by atoms with Crippen LogP contribution in [0, 0.1) is 19.8 Å². The van der Waals surface area contributed by atoms with Gasteiger partial charge in [0, 0.05) is 17.5 Å². The zero-order chi connectivity index (χ0) is 19.7. The average molecular weight is 370 g/mol. The van der Waals surface area contributed by atoms with Crippen LogP contribution in [-0.2, 0) is 11.3 Å². The van der Waals surface area contributed by atoms with E-state index in [2.05, 4.69) is 5.16 Å². The molecule has 1 amide bonds. The summed E-state index contributed by atoms with van der Waals surface area (Å²) in [5, 5.41) is 3.99. The maximum absolute atomic E-state index is 13.2. The van der Waals surface area contributed by atoms with Gasteiger partial charge in [-0.05, 0) is 44.4 Å². The number of anilines is 1. The molecule has 0 saturated heterocycles. The highest BCUT2D eigenvalue weighted by atomic mass is 16.5. The summed E-state index contributed by atoms with van der Waals surface area (Å²) >= 11 is 0. The summed E-state index contributed by atoms with van der Waals surface area (Å²) in [7, 11) is 0. The number of carbonyl (C=O) groups excluding carboxylic acids is 2. The zero-order valence-electron chi connectivity index (χ0n) is 16.5. The van der Waals surface area contributed by atoms with Crippen molar-refractivity contribution in [2.24, 2.45) is 5.92 Å². The number of hydrogen-bond acceptors (Lipinski definition) is 5. The van der Waals surface area contributed by atoms with E-state index in [0.717, 1.165) is 17.7 Å². The Kier molecular flexibility index (Phi) is 5.35. The van der Waals surface area contributed by atoms with E-state index in [1.807, 2.05) is 34.6 Å². The molecule has 1 aromatic heterocycles. The van der Waals surface area contributed by atoms with E-state index in [-0.39, 0.29) is 17.6 Å². The van der Waals surface area contributed by atoms with Gasteiger partial charge in [-0.1, -0.05) is 25.9 Å². The lowest BCUT2D eigenvalue weighted by Gasteiger charge is -2.36. The minimum absolute atomic E-state index is 0.0271. The lowest BCUT2D eigenvalue weighted by molar-refractivity contribution is -0.128. The molecule has 0 N–H and O–H groups in total. The first-order chi connectivity index (χ1) is 12.8. The number of nitrogens with zero attached hydrogens (tertiary/aromatic N) is 2. The van der Waals surface area contributed by atoms with E-state index in [1.54, 1.807) is 23.1 Å². The Morgan fingerprint density at radius 3 is 2.63 bits per heavy atom. The number of ketones is 1. The van der Waals surface area contributed by atoms with Gasteiger partial charge >= 0.3 is 0 Å². The lowest BCUT2D eigenvalue weighted by atomic mass is 10.00. The minimum Gasteiger partial charge on any atom is -0.478 e. The SMILES string of the molecule is CCCC(=O)c1ccc2c(c1)N(Cc1c(C)noc1C)C(=O)C(C(C)C)O2. The third-order valence-corrected chi connectivity index (χ3v) is 4.92. The van der Waals surface area contributed by atoms with Gasteiger partial charge in [-0.2, -0.15) is 0 Å². The number of amides is 1. The third kappa shape index (κ3) is 3.61. The molecule has 1 aliphatic rings. The number of benzene rings is 1. The molecule has 2 heterocycles. The summed E-state index contributed by atoms with van der Waals surface area (Å²) < 4.78 is 11.2. The molecule has 6 nitrogen and oxygen atoms in total. The first-order valence-corrected chi connectivity index (χ1v) is 9.40. The Labute approximate surface area is 159 Å². The molecule has 1 aliphatic heterocycles. The molecule has 27 heavy (non-hydrogen) atoms. The van der Waals surface area contributed by atoms with Crippen LogP contribution in [0.5, 0.6) is 5.75 Å². The van der Waals surface area contributed by atoms with Crippen LogP contribution in [0.2, 0.25) is 0 Å². The first kappa shape index (κ1) is 19.1. The Balaban J connectivity index is 2.05. The molecule has 0 saturated carbocycles. The van der Waals surface area contributed by atoms with Gasteiger partial charge < -0.3 is 14.2 Å². The van der Waals surface area contributed by atoms with Crippen molar-refractivity contribution in [3.05, 3.63) is 40.8 Å². The topological polar surface area (TPSA) is 72.6 Å². The maximum Gasteiger partial charge on any atom is 0.268 e. The molecule has 144 valence electrons. The fraction of sp³-hybridized carbons (Fsp3) is 0.476. The quantitative estimate of drug-likeness (QED) is 0.712. The summed E-state index contributed by atoms with van der Waals surface area (Å²) in [6, 6.07) is 5.33. The molecule has 1 unspecified atom stereocenters. The Bertz CT molecular complexity index is 850. The van der Waals surface area contributed by atoms with Crippen molar-refractivity contribution in [2.75, 3.05) is 4.90 Å². The van der Waals surface area contributed by atoms with Crippen LogP contribution >= 0.6 is 0 Å². The summed E-state index contributed by atoms with van der Waals surface area (Å²) in [6.07, 6.45) is 0.700. The first-order valence-electron chi connectivity index (χ1n) is 9.40. The number of carbonyl (C=O) groups is 2. The molecule has 6 heteroatoms. The Hall–Kier alpha value is -2.63. The second kappa shape index (κ2) is 7.55. The standard InChI is InChI=1S/C21H26N2O4/c1-6-7-18(24)15-8-9-19-17(10-15)23(21(25)20(26-19)12(2)3)11-16-13(4)22-27-14(16)5/h8-10,12,20H,6-7,11H2,1-5H3. The molecule has 0 radical (unpaired) electrons. The second-order valence-corrected chi connectivity index (χ2v) is 7.37. The van der Waals surface area contributed by atoms with Gasteiger partial charge in [-0.15, -0.1) is 0 Å². The molecule has 0 bridgehead atoms. The number of Topliss-reactive ketones (excluding diaryl/α,β-unsaturated/α-hetero) is 1. The van der Waals surface area contributed by atoms with Crippen molar-refractivity contribution in [3.8, 4) is 5.75 Å². The van der Waals surface area contributed by atoms with E-state index in [9.17, 15) is 9.59 Å². The van der Waals surface area contributed by atoms with E-state index < -0.39 is 6.10 Å². The molecule has 0 aliphatic carbocycles. The minimum atomic E-state index is -0.560. The van der Waals surface area contributed by atoms with Crippen LogP contribution in [0.3, 0.4) is 0 Å². The van der Waals surface area contributed by atoms with Crippen LogP contribution in [0.25, 0.3) is 0 Å². The molecular weight excluding hydrogens is 344 g/mol. The van der Waals surface area contributed by atoms with Crippen LogP contribution in [0.4, 0.5) is 5.69 Å². The Morgan fingerprint density at radius 1 is 1.30 bits per heavy atom. The maximum atomic E-state index is 13.2. The molecule has 2 aromatic rings. The Morgan fingerprint density at radius 2 is 2.04 bits per heavy atom. The molecular formula is C21H26N2O4. The number of fused-ring (bicyclic) bond motifs is 1. The fourth-order valence-electron chi connectivity index (χ4n) is 3.30. The van der Waals surface area contributed by atoms with E-state index in [4.69, 9.17) is 9.26 Å². The number of aromatic nitrogens is 1. The third-order valence-electron chi connectivity index (χ3n) is 4.92. The summed E-state index contributed by atoms with van der Waals surface area (Å²) in [5.41, 5.74) is 2.86. The highest BCUT2D eigenvalue weighted by Gasteiger charge is 2.37. The normalized spacial score (nSPS) is 16.4. The fourth-order valence-corrected chi connectivity index (χ4v) is 3.30. The average Bonchev–Trinajstić information content (AvgIpc) is 2.95. The van der Waals surface area contributed by atoms with E-state index in [0.29, 0.717) is 35.7 Å². The lowest BCUT2D eigenvalue weighted by Crippen LogP contribution is -2.48. The largest absolute Gasteiger partial charge is 0.478 e. The molecule has 3 rings (SSSR count). The van der Waals surface area contributed by atoms with E-state index in [1.165, 1.54) is 0 Å². The number of ether oxygens (including phenoxy) is 1. The second-order valence-electron chi connectivity index (χ2n) is 7.37. The zero-order valence-corrected chi connectivity index (χ0v) is 16.5. The van der Waals surface area contributed by atoms with Gasteiger partial charge in [-0.3, -0.25) is 9.59 Å². The van der Waals surface area contributed by atoms with E-state index >= 15 is 0 Å². The van der Waals surface area contributed by atoms with Crippen LogP contribution in [0.15, 0.2) is 22.7 Å². The number of aryl methyl sites for hydroxylation is 2. The highest BCUT2D eigenvalue weighted by molar-refractivity contribution is 6.03. The van der Waals surface area contributed by atoms with Crippen molar-refractivity contribution < 1.29 is 18.8 Å². The number of rotatable bonds is 6. The van der Waals surface area contributed by atoms with Crippen LogP contribution in [-0.4, -0.2) is 23.0 Å². The predicted octanol–water partition coefficient (Wildman–Crippen LogP) is 4.22. The highest BCUT2D eigenvalue weighted by Crippen LogP contribution is 2.38. The smallest absolute Gasteiger partial charge is 0.268 e. The van der Waals surface area contributed by atoms with Crippen molar-refractivity contribution in [1.82, 2.24) is 5.16 Å². The monoisotopic (exact) mass is 370 g/mol. The summed E-state index contributed by atoms with van der Waals surface area (Å²) in [4.78, 5) is 27.2. The molecule has 0 fully saturated rings. The van der Waals surface area contributed by atoms with Crippen molar-refractivity contribution in [3.63, 3.8) is 0 Å². The van der Waals surface area contributed by atoms with Gasteiger partial charge in [0.25, 0.3) is 5.91 Å². The van der Waals surface area contributed by atoms with Gasteiger partial charge in [0.2, 0.25) is 0 Å². The van der Waals surface area contributed by atoms with Gasteiger partial charge in [0.05, 0.1) is 17.9 Å². The molecule has 1 aromatic carbocycles. The van der Waals surface area contributed by atoms with Gasteiger partial charge in [0.15, 0.2) is 11.9 Å². The van der Waals surface area contributed by atoms with Crippen LogP contribution < -0.4 is 9.64 Å². The van der Waals surface area contributed by atoms with Crippen molar-refractivity contribution in [2.45, 2.75) is 60.1 Å². The van der Waals surface area contributed by atoms with Crippen molar-refractivity contribution >= 4 is 17.4 Å².